The van der Waals surface area contributed by atoms with Crippen LogP contribution >= 0.6 is 0 Å². The van der Waals surface area contributed by atoms with E-state index in [9.17, 15) is 29.1 Å². The van der Waals surface area contributed by atoms with E-state index in [1.54, 1.807) is 12.1 Å². The predicted molar refractivity (Wildman–Crippen MR) is 129 cm³/mol. The zero-order chi connectivity index (χ0) is 27.3. The molecule has 0 heterocycles. The highest BCUT2D eigenvalue weighted by Crippen LogP contribution is 2.11. The van der Waals surface area contributed by atoms with Crippen LogP contribution in [0.2, 0.25) is 0 Å². The van der Waals surface area contributed by atoms with Crippen LogP contribution in [0.25, 0.3) is 0 Å². The van der Waals surface area contributed by atoms with E-state index in [0.717, 1.165) is 0 Å². The first-order valence-electron chi connectivity index (χ1n) is 11.5. The fourth-order valence-electron chi connectivity index (χ4n) is 3.20. The largest absolute Gasteiger partial charge is 0.508 e. The summed E-state index contributed by atoms with van der Waals surface area (Å²) in [7, 11) is 0. The summed E-state index contributed by atoms with van der Waals surface area (Å²) < 4.78 is 0. The predicted octanol–water partition coefficient (Wildman–Crippen LogP) is -1.19. The first-order chi connectivity index (χ1) is 16.9. The Morgan fingerprint density at radius 3 is 1.97 bits per heavy atom. The van der Waals surface area contributed by atoms with Gasteiger partial charge in [-0.05, 0) is 63.3 Å². The number of carbonyl (C=O) groups excluding carboxylic acids is 3. The fraction of sp³-hybridized carbons (Fsp3) is 0.522. The molecule has 4 unspecified atom stereocenters. The van der Waals surface area contributed by atoms with E-state index in [2.05, 4.69) is 16.0 Å². The Morgan fingerprint density at radius 2 is 1.42 bits per heavy atom. The summed E-state index contributed by atoms with van der Waals surface area (Å²) in [6, 6.07) is 1.33. The Kier molecular flexibility index (Phi) is 12.9. The lowest BCUT2D eigenvalue weighted by atomic mass is 10.0. The summed E-state index contributed by atoms with van der Waals surface area (Å²) in [6.07, 6.45) is 0.560. The maximum atomic E-state index is 13.0. The molecule has 0 bridgehead atoms. The van der Waals surface area contributed by atoms with Crippen LogP contribution in [0, 0.1) is 0 Å². The van der Waals surface area contributed by atoms with Crippen LogP contribution in [0.15, 0.2) is 24.3 Å². The number of hydrogen-bond acceptors (Lipinski definition) is 8. The molecule has 13 heteroatoms. The SMILES string of the molecule is CC(NC(=O)C(CCCCN)NC(=O)C(CCC(=O)O)NC(=O)C(N)Cc1ccc(O)cc1)C(=O)O. The monoisotopic (exact) mass is 509 g/mol. The number of carboxylic acid groups (broad SMARTS) is 2. The molecule has 1 aromatic carbocycles. The number of aromatic hydroxyl groups is 1. The van der Waals surface area contributed by atoms with Gasteiger partial charge in [-0.2, -0.15) is 0 Å². The molecule has 3 amide bonds. The van der Waals surface area contributed by atoms with Crippen LogP contribution in [0.3, 0.4) is 0 Å². The molecular weight excluding hydrogens is 474 g/mol. The molecule has 0 spiro atoms. The second-order valence-corrected chi connectivity index (χ2v) is 8.38. The van der Waals surface area contributed by atoms with E-state index < -0.39 is 60.2 Å². The number of amides is 3. The standard InChI is InChI=1S/C23H35N5O8/c1-13(23(35)36)26-21(33)17(4-2-3-11-24)28-22(34)18(9-10-19(30)31)27-20(32)16(25)12-14-5-7-15(29)8-6-14/h5-8,13,16-18,29H,2-4,9-12,24-25H2,1H3,(H,26,33)(H,27,32)(H,28,34)(H,30,31)(H,35,36). The van der Waals surface area contributed by atoms with Gasteiger partial charge in [0.2, 0.25) is 17.7 Å². The van der Waals surface area contributed by atoms with Gasteiger partial charge in [-0.15, -0.1) is 0 Å². The minimum absolute atomic E-state index is 0.0463. The highest BCUT2D eigenvalue weighted by atomic mass is 16.4. The van der Waals surface area contributed by atoms with Crippen LogP contribution in [0.4, 0.5) is 0 Å². The molecule has 10 N–H and O–H groups in total. The molecule has 36 heavy (non-hydrogen) atoms. The molecule has 1 rings (SSSR count). The minimum Gasteiger partial charge on any atom is -0.508 e. The van der Waals surface area contributed by atoms with Crippen molar-refractivity contribution in [3.8, 4) is 5.75 Å². The van der Waals surface area contributed by atoms with Crippen molar-refractivity contribution in [2.75, 3.05) is 6.54 Å². The van der Waals surface area contributed by atoms with Crippen LogP contribution < -0.4 is 27.4 Å². The highest BCUT2D eigenvalue weighted by molar-refractivity contribution is 5.94. The van der Waals surface area contributed by atoms with Gasteiger partial charge in [0.15, 0.2) is 0 Å². The average Bonchev–Trinajstić information content (AvgIpc) is 2.81. The topological polar surface area (TPSA) is 234 Å². The first-order valence-corrected chi connectivity index (χ1v) is 11.5. The third-order valence-electron chi connectivity index (χ3n) is 5.32. The second kappa shape index (κ2) is 15.3. The molecule has 0 radical (unpaired) electrons. The van der Waals surface area contributed by atoms with Gasteiger partial charge in [0.05, 0.1) is 6.04 Å². The Morgan fingerprint density at radius 1 is 0.861 bits per heavy atom. The Balaban J connectivity index is 2.94. The molecular formula is C23H35N5O8. The van der Waals surface area contributed by atoms with Gasteiger partial charge < -0.3 is 42.7 Å². The lowest BCUT2D eigenvalue weighted by Gasteiger charge is -2.24. The number of benzene rings is 1. The molecule has 200 valence electrons. The van der Waals surface area contributed by atoms with Crippen LogP contribution in [-0.2, 0) is 30.4 Å². The van der Waals surface area contributed by atoms with Crippen molar-refractivity contribution in [1.29, 1.82) is 0 Å². The summed E-state index contributed by atoms with van der Waals surface area (Å²) in [5.74, 6) is -4.66. The summed E-state index contributed by atoms with van der Waals surface area (Å²) in [5, 5.41) is 34.7. The van der Waals surface area contributed by atoms with Gasteiger partial charge in [0.1, 0.15) is 23.9 Å². The summed E-state index contributed by atoms with van der Waals surface area (Å²) >= 11 is 0. The lowest BCUT2D eigenvalue weighted by molar-refractivity contribution is -0.141. The molecule has 0 saturated heterocycles. The van der Waals surface area contributed by atoms with E-state index in [1.165, 1.54) is 19.1 Å². The van der Waals surface area contributed by atoms with Gasteiger partial charge in [-0.1, -0.05) is 12.1 Å². The van der Waals surface area contributed by atoms with Gasteiger partial charge in [0, 0.05) is 6.42 Å². The number of phenolic OH excluding ortho intramolecular Hbond substituents is 1. The quantitative estimate of drug-likeness (QED) is 0.124. The van der Waals surface area contributed by atoms with Crippen molar-refractivity contribution in [2.24, 2.45) is 11.5 Å². The van der Waals surface area contributed by atoms with E-state index in [-0.39, 0.29) is 25.0 Å². The Labute approximate surface area is 208 Å². The third-order valence-corrected chi connectivity index (χ3v) is 5.32. The Bertz CT molecular complexity index is 908. The number of unbranched alkanes of at least 4 members (excludes halogenated alkanes) is 1. The van der Waals surface area contributed by atoms with Gasteiger partial charge in [-0.3, -0.25) is 24.0 Å². The molecule has 0 aliphatic rings. The number of nitrogens with two attached hydrogens (primary N) is 2. The fourth-order valence-corrected chi connectivity index (χ4v) is 3.20. The third kappa shape index (κ3) is 11.1. The van der Waals surface area contributed by atoms with Crippen LogP contribution in [-0.4, -0.2) is 75.7 Å². The van der Waals surface area contributed by atoms with E-state index in [0.29, 0.717) is 24.9 Å². The zero-order valence-electron chi connectivity index (χ0n) is 20.1. The van der Waals surface area contributed by atoms with Crippen molar-refractivity contribution < 1.29 is 39.3 Å². The molecule has 0 aromatic heterocycles. The number of rotatable bonds is 16. The summed E-state index contributed by atoms with van der Waals surface area (Å²) in [4.78, 5) is 60.4. The molecule has 4 atom stereocenters. The van der Waals surface area contributed by atoms with E-state index >= 15 is 0 Å². The molecule has 0 fully saturated rings. The van der Waals surface area contributed by atoms with Gasteiger partial charge in [-0.25, -0.2) is 0 Å². The van der Waals surface area contributed by atoms with Crippen molar-refractivity contribution in [1.82, 2.24) is 16.0 Å². The minimum atomic E-state index is -1.30. The zero-order valence-corrected chi connectivity index (χ0v) is 20.1. The number of carboxylic acids is 2. The van der Waals surface area contributed by atoms with Crippen molar-refractivity contribution in [2.45, 2.75) is 69.6 Å². The lowest BCUT2D eigenvalue weighted by Crippen LogP contribution is -2.57. The van der Waals surface area contributed by atoms with Gasteiger partial charge in [0.25, 0.3) is 0 Å². The molecule has 0 aliphatic heterocycles. The number of phenols is 1. The Hall–Kier alpha value is -3.71. The second-order valence-electron chi connectivity index (χ2n) is 8.38. The highest BCUT2D eigenvalue weighted by Gasteiger charge is 2.29. The number of aliphatic carboxylic acids is 2. The average molecular weight is 510 g/mol. The van der Waals surface area contributed by atoms with Crippen molar-refractivity contribution >= 4 is 29.7 Å². The molecule has 0 aliphatic carbocycles. The van der Waals surface area contributed by atoms with Gasteiger partial charge >= 0.3 is 11.9 Å². The van der Waals surface area contributed by atoms with Crippen LogP contribution in [0.1, 0.15) is 44.6 Å². The van der Waals surface area contributed by atoms with Crippen molar-refractivity contribution in [3.63, 3.8) is 0 Å². The number of hydrogen-bond donors (Lipinski definition) is 8. The van der Waals surface area contributed by atoms with E-state index in [4.69, 9.17) is 21.7 Å². The summed E-state index contributed by atoms with van der Waals surface area (Å²) in [5.41, 5.74) is 12.1. The van der Waals surface area contributed by atoms with Crippen LogP contribution in [0.5, 0.6) is 5.75 Å². The molecule has 13 nitrogen and oxygen atoms in total. The first kappa shape index (κ1) is 30.3. The maximum absolute atomic E-state index is 13.0. The molecule has 1 aromatic rings. The summed E-state index contributed by atoms with van der Waals surface area (Å²) in [6.45, 7) is 1.62. The van der Waals surface area contributed by atoms with Crippen molar-refractivity contribution in [3.05, 3.63) is 29.8 Å². The maximum Gasteiger partial charge on any atom is 0.325 e. The smallest absolute Gasteiger partial charge is 0.325 e. The molecule has 0 saturated carbocycles. The number of nitrogens with one attached hydrogen (secondary N) is 3. The van der Waals surface area contributed by atoms with E-state index in [1.807, 2.05) is 0 Å². The normalized spacial score (nSPS) is 14.1. The number of carbonyl (C=O) groups is 5.